The van der Waals surface area contributed by atoms with E-state index in [1.54, 1.807) is 11.3 Å². The third-order valence-electron chi connectivity index (χ3n) is 1.90. The highest BCUT2D eigenvalue weighted by atomic mass is 35.5. The van der Waals surface area contributed by atoms with E-state index in [1.807, 2.05) is 25.1 Å². The molecule has 1 amide bonds. The SMILES string of the molecule is Cc1nc2cc(NC(=O)CCl)ccc2s1. The summed E-state index contributed by atoms with van der Waals surface area (Å²) in [5.74, 6) is -0.239. The lowest BCUT2D eigenvalue weighted by molar-refractivity contribution is -0.113. The van der Waals surface area contributed by atoms with Crippen molar-refractivity contribution in [3.8, 4) is 0 Å². The number of amides is 1. The highest BCUT2D eigenvalue weighted by Crippen LogP contribution is 2.24. The van der Waals surface area contributed by atoms with Gasteiger partial charge in [0.1, 0.15) is 5.88 Å². The Morgan fingerprint density at radius 3 is 3.13 bits per heavy atom. The molecule has 1 aromatic carbocycles. The van der Waals surface area contributed by atoms with Gasteiger partial charge in [0.25, 0.3) is 0 Å². The highest BCUT2D eigenvalue weighted by Gasteiger charge is 2.03. The van der Waals surface area contributed by atoms with Gasteiger partial charge in [0.05, 0.1) is 15.2 Å². The van der Waals surface area contributed by atoms with Crippen LogP contribution >= 0.6 is 22.9 Å². The van der Waals surface area contributed by atoms with E-state index < -0.39 is 0 Å². The second-order valence-corrected chi connectivity index (χ2v) is 4.60. The first-order chi connectivity index (χ1) is 7.19. The first-order valence-electron chi connectivity index (χ1n) is 4.42. The van der Waals surface area contributed by atoms with Crippen molar-refractivity contribution in [3.05, 3.63) is 23.2 Å². The zero-order valence-corrected chi connectivity index (χ0v) is 9.65. The number of alkyl halides is 1. The van der Waals surface area contributed by atoms with Gasteiger partial charge >= 0.3 is 0 Å². The van der Waals surface area contributed by atoms with E-state index in [0.29, 0.717) is 0 Å². The van der Waals surface area contributed by atoms with E-state index in [-0.39, 0.29) is 11.8 Å². The molecule has 0 atom stereocenters. The molecule has 3 nitrogen and oxygen atoms in total. The fourth-order valence-electron chi connectivity index (χ4n) is 1.31. The number of anilines is 1. The number of thiazole rings is 1. The second-order valence-electron chi connectivity index (χ2n) is 3.10. The molecular formula is C10H9ClN2OS. The normalized spacial score (nSPS) is 10.5. The Morgan fingerprint density at radius 2 is 2.40 bits per heavy atom. The van der Waals surface area contributed by atoms with Crippen LogP contribution in [0.5, 0.6) is 0 Å². The summed E-state index contributed by atoms with van der Waals surface area (Å²) in [6.07, 6.45) is 0. The molecule has 0 aliphatic rings. The fourth-order valence-corrected chi connectivity index (χ4v) is 2.19. The van der Waals surface area contributed by atoms with Gasteiger partial charge in [0.2, 0.25) is 5.91 Å². The molecular weight excluding hydrogens is 232 g/mol. The number of benzene rings is 1. The minimum atomic E-state index is -0.206. The van der Waals surface area contributed by atoms with Crippen molar-refractivity contribution in [1.82, 2.24) is 4.98 Å². The van der Waals surface area contributed by atoms with Gasteiger partial charge in [-0.2, -0.15) is 0 Å². The van der Waals surface area contributed by atoms with Crippen molar-refractivity contribution < 1.29 is 4.79 Å². The van der Waals surface area contributed by atoms with Crippen molar-refractivity contribution in [2.75, 3.05) is 11.2 Å². The smallest absolute Gasteiger partial charge is 0.239 e. The van der Waals surface area contributed by atoms with E-state index >= 15 is 0 Å². The van der Waals surface area contributed by atoms with Gasteiger partial charge in [-0.05, 0) is 25.1 Å². The maximum absolute atomic E-state index is 11.1. The molecule has 2 aromatic rings. The average molecular weight is 241 g/mol. The molecule has 0 bridgehead atoms. The molecule has 1 N–H and O–H groups in total. The predicted molar refractivity (Wildman–Crippen MR) is 63.7 cm³/mol. The molecule has 15 heavy (non-hydrogen) atoms. The summed E-state index contributed by atoms with van der Waals surface area (Å²) in [6.45, 7) is 1.96. The fraction of sp³-hybridized carbons (Fsp3) is 0.200. The number of aromatic nitrogens is 1. The average Bonchev–Trinajstić information content (AvgIpc) is 2.57. The number of rotatable bonds is 2. The van der Waals surface area contributed by atoms with Gasteiger partial charge in [0, 0.05) is 5.69 Å². The third kappa shape index (κ3) is 2.27. The largest absolute Gasteiger partial charge is 0.325 e. The minimum Gasteiger partial charge on any atom is -0.325 e. The Hall–Kier alpha value is -1.13. The molecule has 0 saturated heterocycles. The molecule has 1 heterocycles. The first kappa shape index (κ1) is 10.4. The van der Waals surface area contributed by atoms with Crippen LogP contribution < -0.4 is 5.32 Å². The highest BCUT2D eigenvalue weighted by molar-refractivity contribution is 7.18. The molecule has 78 valence electrons. The van der Waals surface area contributed by atoms with Crippen LogP contribution in [0.1, 0.15) is 5.01 Å². The van der Waals surface area contributed by atoms with E-state index in [2.05, 4.69) is 10.3 Å². The Bertz CT molecular complexity index is 509. The summed E-state index contributed by atoms with van der Waals surface area (Å²) in [6, 6.07) is 5.65. The van der Waals surface area contributed by atoms with E-state index in [9.17, 15) is 4.79 Å². The maximum Gasteiger partial charge on any atom is 0.239 e. The molecule has 1 aromatic heterocycles. The van der Waals surface area contributed by atoms with Crippen LogP contribution in [-0.2, 0) is 4.79 Å². The Labute approximate surface area is 96.1 Å². The molecule has 0 fully saturated rings. The van der Waals surface area contributed by atoms with Crippen molar-refractivity contribution in [1.29, 1.82) is 0 Å². The number of nitrogens with one attached hydrogen (secondary N) is 1. The van der Waals surface area contributed by atoms with Crippen LogP contribution in [0.4, 0.5) is 5.69 Å². The Balaban J connectivity index is 2.33. The van der Waals surface area contributed by atoms with Crippen molar-refractivity contribution >= 4 is 44.7 Å². The standard InChI is InChI=1S/C10H9ClN2OS/c1-6-12-8-4-7(13-10(14)5-11)2-3-9(8)15-6/h2-4H,5H2,1H3,(H,13,14). The van der Waals surface area contributed by atoms with Gasteiger partial charge in [0.15, 0.2) is 0 Å². The number of halogens is 1. The number of hydrogen-bond donors (Lipinski definition) is 1. The summed E-state index contributed by atoms with van der Waals surface area (Å²) >= 11 is 7.03. The number of fused-ring (bicyclic) bond motifs is 1. The van der Waals surface area contributed by atoms with Gasteiger partial charge in [-0.1, -0.05) is 0 Å². The quantitative estimate of drug-likeness (QED) is 0.821. The molecule has 0 aliphatic heterocycles. The third-order valence-corrected chi connectivity index (χ3v) is 3.09. The molecule has 0 unspecified atom stereocenters. The molecule has 0 saturated carbocycles. The van der Waals surface area contributed by atoms with Crippen LogP contribution in [0, 0.1) is 6.92 Å². The van der Waals surface area contributed by atoms with Crippen LogP contribution in [0.3, 0.4) is 0 Å². The lowest BCUT2D eigenvalue weighted by Gasteiger charge is -2.01. The zero-order valence-electron chi connectivity index (χ0n) is 8.08. The topological polar surface area (TPSA) is 42.0 Å². The van der Waals surface area contributed by atoms with E-state index in [1.165, 1.54) is 0 Å². The minimum absolute atomic E-state index is 0.0336. The van der Waals surface area contributed by atoms with Crippen LogP contribution in [0.25, 0.3) is 10.2 Å². The molecule has 0 radical (unpaired) electrons. The lowest BCUT2D eigenvalue weighted by atomic mass is 10.3. The zero-order chi connectivity index (χ0) is 10.8. The van der Waals surface area contributed by atoms with E-state index in [4.69, 9.17) is 11.6 Å². The van der Waals surface area contributed by atoms with Crippen molar-refractivity contribution in [3.63, 3.8) is 0 Å². The van der Waals surface area contributed by atoms with Crippen LogP contribution in [0.2, 0.25) is 0 Å². The summed E-state index contributed by atoms with van der Waals surface area (Å²) < 4.78 is 1.12. The van der Waals surface area contributed by atoms with Gasteiger partial charge < -0.3 is 5.32 Å². The Morgan fingerprint density at radius 1 is 1.60 bits per heavy atom. The number of hydrogen-bond acceptors (Lipinski definition) is 3. The molecule has 5 heteroatoms. The van der Waals surface area contributed by atoms with Crippen LogP contribution in [0.15, 0.2) is 18.2 Å². The molecule has 0 aliphatic carbocycles. The van der Waals surface area contributed by atoms with E-state index in [0.717, 1.165) is 20.9 Å². The van der Waals surface area contributed by atoms with Gasteiger partial charge in [-0.25, -0.2) is 4.98 Å². The predicted octanol–water partition coefficient (Wildman–Crippen LogP) is 2.78. The summed E-state index contributed by atoms with van der Waals surface area (Å²) in [5.41, 5.74) is 1.64. The second kappa shape index (κ2) is 4.16. The number of aryl methyl sites for hydroxylation is 1. The summed E-state index contributed by atoms with van der Waals surface area (Å²) in [7, 11) is 0. The summed E-state index contributed by atoms with van der Waals surface area (Å²) in [4.78, 5) is 15.4. The molecule has 2 rings (SSSR count). The first-order valence-corrected chi connectivity index (χ1v) is 5.77. The lowest BCUT2D eigenvalue weighted by Crippen LogP contribution is -2.12. The number of carbonyl (C=O) groups excluding carboxylic acids is 1. The summed E-state index contributed by atoms with van der Waals surface area (Å²) in [5, 5.41) is 3.71. The number of nitrogens with zero attached hydrogens (tertiary/aromatic N) is 1. The van der Waals surface area contributed by atoms with Gasteiger partial charge in [-0.15, -0.1) is 22.9 Å². The maximum atomic E-state index is 11.1. The Kier molecular flexibility index (Phi) is 2.88. The van der Waals surface area contributed by atoms with Crippen LogP contribution in [-0.4, -0.2) is 16.8 Å². The van der Waals surface area contributed by atoms with Crippen molar-refractivity contribution in [2.24, 2.45) is 0 Å². The molecule has 0 spiro atoms. The monoisotopic (exact) mass is 240 g/mol. The van der Waals surface area contributed by atoms with Crippen molar-refractivity contribution in [2.45, 2.75) is 6.92 Å². The van der Waals surface area contributed by atoms with Gasteiger partial charge in [-0.3, -0.25) is 4.79 Å². The number of carbonyl (C=O) groups is 1.